The van der Waals surface area contributed by atoms with Crippen LogP contribution in [0.5, 0.6) is 0 Å². The van der Waals surface area contributed by atoms with Crippen molar-refractivity contribution in [1.29, 1.82) is 0 Å². The highest BCUT2D eigenvalue weighted by Crippen LogP contribution is 2.27. The molecule has 0 bridgehead atoms. The van der Waals surface area contributed by atoms with Crippen LogP contribution < -0.4 is 5.32 Å². The zero-order chi connectivity index (χ0) is 13.7. The van der Waals surface area contributed by atoms with E-state index in [1.165, 1.54) is 10.6 Å². The highest BCUT2D eigenvalue weighted by Gasteiger charge is 2.21. The average molecular weight is 278 g/mol. The fourth-order valence-corrected chi connectivity index (χ4v) is 3.08. The zero-order valence-corrected chi connectivity index (χ0v) is 12.7. The van der Waals surface area contributed by atoms with Crippen LogP contribution in [-0.4, -0.2) is 21.3 Å². The summed E-state index contributed by atoms with van der Waals surface area (Å²) in [6, 6.07) is 2.32. The summed E-state index contributed by atoms with van der Waals surface area (Å²) in [4.78, 5) is 5.68. The zero-order valence-electron chi connectivity index (χ0n) is 11.9. The Morgan fingerprint density at radius 3 is 2.84 bits per heavy atom. The van der Waals surface area contributed by atoms with E-state index in [0.717, 1.165) is 31.6 Å². The van der Waals surface area contributed by atoms with Gasteiger partial charge in [0, 0.05) is 12.7 Å². The standard InChI is InChI=1S/C14H22N4S/c1-4-7-15-13(14-11(3)16-10-19-14)12-6-8-17-18(12)9-5-2/h6,8,10,13,15H,4-5,7,9H2,1-3H3. The van der Waals surface area contributed by atoms with Gasteiger partial charge in [0.1, 0.15) is 0 Å². The monoisotopic (exact) mass is 278 g/mol. The maximum absolute atomic E-state index is 4.44. The number of nitrogens with zero attached hydrogens (tertiary/aromatic N) is 3. The molecule has 0 spiro atoms. The summed E-state index contributed by atoms with van der Waals surface area (Å²) in [6.07, 6.45) is 4.11. The first-order valence-corrected chi connectivity index (χ1v) is 7.81. The number of hydrogen-bond acceptors (Lipinski definition) is 4. The molecule has 0 aliphatic rings. The third-order valence-electron chi connectivity index (χ3n) is 3.12. The molecule has 0 saturated heterocycles. The fraction of sp³-hybridized carbons (Fsp3) is 0.571. The van der Waals surface area contributed by atoms with Gasteiger partial charge in [-0.1, -0.05) is 13.8 Å². The Balaban J connectivity index is 2.31. The number of nitrogens with one attached hydrogen (secondary N) is 1. The van der Waals surface area contributed by atoms with Gasteiger partial charge in [0.2, 0.25) is 0 Å². The number of rotatable bonds is 7. The second kappa shape index (κ2) is 6.82. The molecule has 1 unspecified atom stereocenters. The maximum Gasteiger partial charge on any atom is 0.0860 e. The normalized spacial score (nSPS) is 12.8. The van der Waals surface area contributed by atoms with Gasteiger partial charge in [-0.15, -0.1) is 11.3 Å². The number of hydrogen-bond donors (Lipinski definition) is 1. The highest BCUT2D eigenvalue weighted by molar-refractivity contribution is 7.09. The minimum atomic E-state index is 0.210. The minimum Gasteiger partial charge on any atom is -0.304 e. The van der Waals surface area contributed by atoms with Crippen LogP contribution in [0.4, 0.5) is 0 Å². The van der Waals surface area contributed by atoms with E-state index in [0.29, 0.717) is 0 Å². The lowest BCUT2D eigenvalue weighted by Gasteiger charge is -2.19. The van der Waals surface area contributed by atoms with Crippen LogP contribution in [0.2, 0.25) is 0 Å². The van der Waals surface area contributed by atoms with E-state index in [1.807, 2.05) is 11.7 Å². The van der Waals surface area contributed by atoms with E-state index in [9.17, 15) is 0 Å². The van der Waals surface area contributed by atoms with Crippen molar-refractivity contribution in [3.63, 3.8) is 0 Å². The van der Waals surface area contributed by atoms with Gasteiger partial charge >= 0.3 is 0 Å². The van der Waals surface area contributed by atoms with E-state index in [-0.39, 0.29) is 6.04 Å². The Morgan fingerprint density at radius 1 is 1.37 bits per heavy atom. The molecule has 1 atom stereocenters. The van der Waals surface area contributed by atoms with E-state index < -0.39 is 0 Å². The second-order valence-corrected chi connectivity index (χ2v) is 5.55. The third-order valence-corrected chi connectivity index (χ3v) is 4.12. The molecule has 2 aromatic heterocycles. The van der Waals surface area contributed by atoms with Crippen molar-refractivity contribution >= 4 is 11.3 Å². The third kappa shape index (κ3) is 3.22. The molecule has 5 heteroatoms. The van der Waals surface area contributed by atoms with Gasteiger partial charge in [-0.25, -0.2) is 4.98 Å². The molecule has 0 aromatic carbocycles. The molecule has 2 aromatic rings. The van der Waals surface area contributed by atoms with Gasteiger partial charge in [0.15, 0.2) is 0 Å². The van der Waals surface area contributed by atoms with Crippen LogP contribution in [0, 0.1) is 6.92 Å². The van der Waals surface area contributed by atoms with Crippen molar-refractivity contribution in [2.45, 2.75) is 46.2 Å². The van der Waals surface area contributed by atoms with Gasteiger partial charge in [0.25, 0.3) is 0 Å². The van der Waals surface area contributed by atoms with Crippen molar-refractivity contribution in [3.8, 4) is 0 Å². The van der Waals surface area contributed by atoms with Crippen molar-refractivity contribution in [2.75, 3.05) is 6.54 Å². The largest absolute Gasteiger partial charge is 0.304 e. The summed E-state index contributed by atoms with van der Waals surface area (Å²) in [5.74, 6) is 0. The lowest BCUT2D eigenvalue weighted by molar-refractivity contribution is 0.514. The predicted molar refractivity (Wildman–Crippen MR) is 79.5 cm³/mol. The Bertz CT molecular complexity index is 503. The average Bonchev–Trinajstić information content (AvgIpc) is 3.01. The molecular weight excluding hydrogens is 256 g/mol. The van der Waals surface area contributed by atoms with Gasteiger partial charge < -0.3 is 5.32 Å². The van der Waals surface area contributed by atoms with Crippen LogP contribution in [-0.2, 0) is 6.54 Å². The van der Waals surface area contributed by atoms with Crippen LogP contribution in [0.15, 0.2) is 17.8 Å². The molecule has 0 fully saturated rings. The molecular formula is C14H22N4S. The molecule has 0 radical (unpaired) electrons. The van der Waals surface area contributed by atoms with E-state index in [1.54, 1.807) is 11.3 Å². The fourth-order valence-electron chi connectivity index (χ4n) is 2.20. The summed E-state index contributed by atoms with van der Waals surface area (Å²) < 4.78 is 2.10. The molecule has 0 saturated carbocycles. The van der Waals surface area contributed by atoms with Gasteiger partial charge in [-0.05, 0) is 32.4 Å². The molecule has 2 rings (SSSR count). The number of thiazole rings is 1. The molecule has 19 heavy (non-hydrogen) atoms. The van der Waals surface area contributed by atoms with Crippen molar-refractivity contribution in [2.24, 2.45) is 0 Å². The molecule has 0 aliphatic carbocycles. The highest BCUT2D eigenvalue weighted by atomic mass is 32.1. The lowest BCUT2D eigenvalue weighted by Crippen LogP contribution is -2.25. The van der Waals surface area contributed by atoms with Crippen LogP contribution >= 0.6 is 11.3 Å². The topological polar surface area (TPSA) is 42.7 Å². The smallest absolute Gasteiger partial charge is 0.0860 e. The summed E-state index contributed by atoms with van der Waals surface area (Å²) in [6.45, 7) is 8.40. The summed E-state index contributed by atoms with van der Waals surface area (Å²) in [5, 5.41) is 8.06. The first-order chi connectivity index (χ1) is 9.27. The molecule has 2 heterocycles. The summed E-state index contributed by atoms with van der Waals surface area (Å²) in [5.41, 5.74) is 4.27. The minimum absolute atomic E-state index is 0.210. The molecule has 0 amide bonds. The molecule has 1 N–H and O–H groups in total. The molecule has 4 nitrogen and oxygen atoms in total. The SMILES string of the molecule is CCCNC(c1scnc1C)c1ccnn1CCC. The lowest BCUT2D eigenvalue weighted by atomic mass is 10.1. The quantitative estimate of drug-likeness (QED) is 0.846. The Kier molecular flexibility index (Phi) is 5.10. The van der Waals surface area contributed by atoms with Crippen LogP contribution in [0.1, 0.15) is 49.0 Å². The van der Waals surface area contributed by atoms with Crippen LogP contribution in [0.25, 0.3) is 0 Å². The number of aryl methyl sites for hydroxylation is 2. The Morgan fingerprint density at radius 2 is 2.21 bits per heavy atom. The molecule has 104 valence electrons. The van der Waals surface area contributed by atoms with Crippen molar-refractivity contribution in [1.82, 2.24) is 20.1 Å². The summed E-state index contributed by atoms with van der Waals surface area (Å²) >= 11 is 1.72. The van der Waals surface area contributed by atoms with Gasteiger partial charge in [-0.2, -0.15) is 5.10 Å². The van der Waals surface area contributed by atoms with Crippen molar-refractivity contribution in [3.05, 3.63) is 34.0 Å². The number of aromatic nitrogens is 3. The van der Waals surface area contributed by atoms with E-state index in [2.05, 4.69) is 46.9 Å². The first kappa shape index (κ1) is 14.2. The second-order valence-electron chi connectivity index (χ2n) is 4.67. The Hall–Kier alpha value is -1.20. The van der Waals surface area contributed by atoms with Gasteiger partial charge in [0.05, 0.1) is 27.8 Å². The van der Waals surface area contributed by atoms with E-state index >= 15 is 0 Å². The predicted octanol–water partition coefficient (Wildman–Crippen LogP) is 3.15. The Labute approximate surface area is 118 Å². The first-order valence-electron chi connectivity index (χ1n) is 6.93. The molecule has 0 aliphatic heterocycles. The van der Waals surface area contributed by atoms with Crippen LogP contribution in [0.3, 0.4) is 0 Å². The van der Waals surface area contributed by atoms with Gasteiger partial charge in [-0.3, -0.25) is 4.68 Å². The van der Waals surface area contributed by atoms with Crippen molar-refractivity contribution < 1.29 is 0 Å². The van der Waals surface area contributed by atoms with E-state index in [4.69, 9.17) is 0 Å². The maximum atomic E-state index is 4.44. The summed E-state index contributed by atoms with van der Waals surface area (Å²) in [7, 11) is 0.